The Hall–Kier alpha value is -5.02. The molecule has 0 amide bonds. The van der Waals surface area contributed by atoms with E-state index in [4.69, 9.17) is 20.9 Å². The van der Waals surface area contributed by atoms with Gasteiger partial charge in [-0.3, -0.25) is 0 Å². The summed E-state index contributed by atoms with van der Waals surface area (Å²) in [6.07, 6.45) is 8.12. The monoisotopic (exact) mass is 702 g/mol. The smallest absolute Gasteiger partial charge is 0.417 e. The van der Waals surface area contributed by atoms with Gasteiger partial charge in [-0.25, -0.2) is 9.59 Å². The number of nitrogens with zero attached hydrogens (tertiary/aromatic N) is 2. The van der Waals surface area contributed by atoms with Crippen molar-refractivity contribution in [2.24, 2.45) is 25.6 Å². The van der Waals surface area contributed by atoms with E-state index < -0.39 is 23.0 Å². The molecule has 8 nitrogen and oxygen atoms in total. The third-order valence-corrected chi connectivity index (χ3v) is 9.24. The minimum absolute atomic E-state index is 0.120. The van der Waals surface area contributed by atoms with E-state index in [9.17, 15) is 9.59 Å². The molecule has 0 bridgehead atoms. The minimum atomic E-state index is -1.08. The maximum absolute atomic E-state index is 12.5. The zero-order chi connectivity index (χ0) is 37.4. The quantitative estimate of drug-likeness (QED) is 0.0623. The first-order valence-electron chi connectivity index (χ1n) is 18.2. The highest BCUT2D eigenvalue weighted by atomic mass is 16.6. The van der Waals surface area contributed by atoms with Crippen LogP contribution in [0.4, 0.5) is 0 Å². The van der Waals surface area contributed by atoms with E-state index in [1.807, 2.05) is 50.5 Å². The van der Waals surface area contributed by atoms with Crippen LogP contribution in [0, 0.1) is 23.7 Å². The Morgan fingerprint density at radius 2 is 0.981 bits per heavy atom. The lowest BCUT2D eigenvalue weighted by Crippen LogP contribution is -2.45. The zero-order valence-electron chi connectivity index (χ0n) is 31.3. The molecule has 2 heterocycles. The molecule has 8 heteroatoms. The standard InChI is InChI=1S/C44H54N4O4/c1-43(45,31-29-39-27-25-37(47(39)3)23-15-7-13-21-35-17-9-5-10-18-35)33-51-41(49)42(50)52-34-44(2,46)32-30-40-28-26-38(48(40)4)24-16-8-14-22-36-19-11-6-12-20-36/h5-6,9-12,17-20,25-28H,7-8,13-14,21-22,29-34,45-46H2,1-4H3/t43-,44-/m1/s1. The van der Waals surface area contributed by atoms with Crippen molar-refractivity contribution in [1.82, 2.24) is 9.13 Å². The van der Waals surface area contributed by atoms with E-state index in [0.717, 1.165) is 61.3 Å². The lowest BCUT2D eigenvalue weighted by atomic mass is 9.97. The third kappa shape index (κ3) is 13.3. The van der Waals surface area contributed by atoms with Crippen molar-refractivity contribution in [3.63, 3.8) is 0 Å². The van der Waals surface area contributed by atoms with Gasteiger partial charge in [0.05, 0.1) is 11.4 Å². The maximum atomic E-state index is 12.5. The number of rotatable bonds is 16. The van der Waals surface area contributed by atoms with E-state index in [0.29, 0.717) is 25.7 Å². The predicted octanol–water partition coefficient (Wildman–Crippen LogP) is 6.20. The Bertz CT molecular complexity index is 1730. The zero-order valence-corrected chi connectivity index (χ0v) is 31.3. The molecular weight excluding hydrogens is 649 g/mol. The van der Waals surface area contributed by atoms with Crippen LogP contribution in [0.2, 0.25) is 0 Å². The van der Waals surface area contributed by atoms with Crippen molar-refractivity contribution in [3.05, 3.63) is 119 Å². The maximum Gasteiger partial charge on any atom is 0.417 e. The summed E-state index contributed by atoms with van der Waals surface area (Å²) in [5.41, 5.74) is 17.9. The molecule has 4 rings (SSSR count). The summed E-state index contributed by atoms with van der Waals surface area (Å²) in [6, 6.07) is 29.0. The fourth-order valence-electron chi connectivity index (χ4n) is 5.77. The van der Waals surface area contributed by atoms with Gasteiger partial charge in [-0.2, -0.15) is 0 Å². The second kappa shape index (κ2) is 19.6. The summed E-state index contributed by atoms with van der Waals surface area (Å²) in [5.74, 6) is 11.0. The summed E-state index contributed by atoms with van der Waals surface area (Å²) >= 11 is 0. The number of carbonyl (C=O) groups is 2. The Labute approximate surface area is 309 Å². The number of esters is 2. The molecular formula is C44H54N4O4. The van der Waals surface area contributed by atoms with Gasteiger partial charge in [0.1, 0.15) is 13.2 Å². The average Bonchev–Trinajstić information content (AvgIpc) is 3.68. The molecule has 0 aliphatic heterocycles. The van der Waals surface area contributed by atoms with Crippen LogP contribution < -0.4 is 11.5 Å². The van der Waals surface area contributed by atoms with Gasteiger partial charge in [0.15, 0.2) is 0 Å². The first-order valence-corrected chi connectivity index (χ1v) is 18.2. The molecule has 2 atom stereocenters. The molecule has 0 aliphatic carbocycles. The highest BCUT2D eigenvalue weighted by molar-refractivity contribution is 6.29. The van der Waals surface area contributed by atoms with E-state index >= 15 is 0 Å². The summed E-state index contributed by atoms with van der Waals surface area (Å²) < 4.78 is 14.6. The fraction of sp³-hybridized carbons (Fsp3) is 0.409. The molecule has 4 N–H and O–H groups in total. The van der Waals surface area contributed by atoms with Gasteiger partial charge in [0.2, 0.25) is 0 Å². The fourth-order valence-corrected chi connectivity index (χ4v) is 5.77. The largest absolute Gasteiger partial charge is 0.455 e. The van der Waals surface area contributed by atoms with Gasteiger partial charge in [-0.1, -0.05) is 72.5 Å². The van der Waals surface area contributed by atoms with Crippen LogP contribution in [0.25, 0.3) is 0 Å². The Kier molecular flexibility index (Phi) is 14.9. The van der Waals surface area contributed by atoms with Crippen LogP contribution in [-0.2, 0) is 58.8 Å². The molecule has 52 heavy (non-hydrogen) atoms. The summed E-state index contributed by atoms with van der Waals surface area (Å²) in [5, 5.41) is 0. The van der Waals surface area contributed by atoms with Gasteiger partial charge < -0.3 is 30.1 Å². The molecule has 2 aromatic heterocycles. The van der Waals surface area contributed by atoms with E-state index in [1.54, 1.807) is 13.8 Å². The number of hydrogen-bond donors (Lipinski definition) is 2. The SMILES string of the molecule is Cn1c(C#CCCCc2ccccc2)ccc1CC[C@@](C)(N)COC(=O)C(=O)OC[C@](C)(N)CCc1ccc(C#CCCCc2ccccc2)n1C. The van der Waals surface area contributed by atoms with Gasteiger partial charge in [0, 0.05) is 49.4 Å². The molecule has 0 aliphatic rings. The molecule has 0 radical (unpaired) electrons. The molecule has 0 fully saturated rings. The van der Waals surface area contributed by atoms with Crippen LogP contribution >= 0.6 is 0 Å². The van der Waals surface area contributed by atoms with Crippen LogP contribution in [0.1, 0.15) is 86.3 Å². The Morgan fingerprint density at radius 3 is 1.37 bits per heavy atom. The number of unbranched alkanes of at least 4 members (excludes halogenated alkanes) is 2. The summed E-state index contributed by atoms with van der Waals surface area (Å²) in [4.78, 5) is 24.9. The Morgan fingerprint density at radius 1 is 0.596 bits per heavy atom. The molecule has 0 saturated carbocycles. The molecule has 0 unspecified atom stereocenters. The normalized spacial score (nSPS) is 13.1. The van der Waals surface area contributed by atoms with Crippen LogP contribution in [0.3, 0.4) is 0 Å². The number of aryl methyl sites for hydroxylation is 4. The number of hydrogen-bond acceptors (Lipinski definition) is 6. The Balaban J connectivity index is 1.13. The highest BCUT2D eigenvalue weighted by Crippen LogP contribution is 2.17. The van der Waals surface area contributed by atoms with Crippen molar-refractivity contribution in [2.75, 3.05) is 13.2 Å². The van der Waals surface area contributed by atoms with Crippen LogP contribution in [0.15, 0.2) is 84.9 Å². The first kappa shape index (κ1) is 39.8. The second-order valence-electron chi connectivity index (χ2n) is 14.3. The molecule has 274 valence electrons. The molecule has 2 aromatic carbocycles. The number of carbonyl (C=O) groups excluding carboxylic acids is 2. The second-order valence-corrected chi connectivity index (χ2v) is 14.3. The van der Waals surface area contributed by atoms with E-state index in [-0.39, 0.29) is 13.2 Å². The van der Waals surface area contributed by atoms with Crippen molar-refractivity contribution in [1.29, 1.82) is 0 Å². The lowest BCUT2D eigenvalue weighted by Gasteiger charge is -2.25. The van der Waals surface area contributed by atoms with E-state index in [1.165, 1.54) is 11.1 Å². The summed E-state index contributed by atoms with van der Waals surface area (Å²) in [6.45, 7) is 3.35. The van der Waals surface area contributed by atoms with Crippen LogP contribution in [0.5, 0.6) is 0 Å². The van der Waals surface area contributed by atoms with Gasteiger partial charge in [-0.05, 0) is 112 Å². The number of aromatic nitrogens is 2. The van der Waals surface area contributed by atoms with Crippen molar-refractivity contribution < 1.29 is 19.1 Å². The lowest BCUT2D eigenvalue weighted by molar-refractivity contribution is -0.169. The van der Waals surface area contributed by atoms with Crippen molar-refractivity contribution in [3.8, 4) is 23.7 Å². The van der Waals surface area contributed by atoms with Gasteiger partial charge >= 0.3 is 11.9 Å². The summed E-state index contributed by atoms with van der Waals surface area (Å²) in [7, 11) is 3.97. The predicted molar refractivity (Wildman–Crippen MR) is 207 cm³/mol. The van der Waals surface area contributed by atoms with Crippen molar-refractivity contribution in [2.45, 2.75) is 89.1 Å². The van der Waals surface area contributed by atoms with Crippen molar-refractivity contribution >= 4 is 11.9 Å². The third-order valence-electron chi connectivity index (χ3n) is 9.24. The van der Waals surface area contributed by atoms with Crippen LogP contribution in [-0.4, -0.2) is 45.4 Å². The first-order chi connectivity index (χ1) is 24.9. The number of benzene rings is 2. The van der Waals surface area contributed by atoms with E-state index in [2.05, 4.69) is 81.3 Å². The average molecular weight is 703 g/mol. The number of ether oxygens (including phenoxy) is 2. The topological polar surface area (TPSA) is 114 Å². The molecule has 0 saturated heterocycles. The highest BCUT2D eigenvalue weighted by Gasteiger charge is 2.28. The molecule has 0 spiro atoms. The van der Waals surface area contributed by atoms with Gasteiger partial charge in [-0.15, -0.1) is 0 Å². The molecule has 4 aromatic rings. The number of nitrogens with two attached hydrogens (primary N) is 2. The minimum Gasteiger partial charge on any atom is -0.455 e. The van der Waals surface area contributed by atoms with Gasteiger partial charge in [0.25, 0.3) is 0 Å².